The first-order valence-electron chi connectivity index (χ1n) is 8.21. The van der Waals surface area contributed by atoms with Gasteiger partial charge in [-0.25, -0.2) is 8.42 Å². The van der Waals surface area contributed by atoms with E-state index in [1.54, 1.807) is 11.0 Å². The summed E-state index contributed by atoms with van der Waals surface area (Å²) in [5, 5.41) is 0. The molecule has 1 aromatic rings. The summed E-state index contributed by atoms with van der Waals surface area (Å²) >= 11 is 0. The summed E-state index contributed by atoms with van der Waals surface area (Å²) in [4.78, 5) is 25.4. The number of hydrogen-bond donors (Lipinski definition) is 1. The van der Waals surface area contributed by atoms with E-state index in [1.807, 2.05) is 26.0 Å². The maximum absolute atomic E-state index is 12.6. The van der Waals surface area contributed by atoms with E-state index in [2.05, 4.69) is 0 Å². The largest absolute Gasteiger partial charge is 0.369 e. The molecular weight excluding hydrogens is 342 g/mol. The predicted molar refractivity (Wildman–Crippen MR) is 96.6 cm³/mol. The van der Waals surface area contributed by atoms with Gasteiger partial charge in [-0.2, -0.15) is 0 Å². The second-order valence-electron chi connectivity index (χ2n) is 6.62. The van der Waals surface area contributed by atoms with Gasteiger partial charge in [0.2, 0.25) is 21.8 Å². The normalized spacial score (nSPS) is 15.9. The highest BCUT2D eigenvalue weighted by atomic mass is 32.2. The summed E-state index contributed by atoms with van der Waals surface area (Å²) in [6.45, 7) is 4.33. The van der Waals surface area contributed by atoms with Gasteiger partial charge >= 0.3 is 0 Å². The molecule has 7 nitrogen and oxygen atoms in total. The Bertz CT molecular complexity index is 768. The number of piperidine rings is 1. The zero-order chi connectivity index (χ0) is 18.8. The average Bonchev–Trinajstić information content (AvgIpc) is 2.52. The highest BCUT2D eigenvalue weighted by Crippen LogP contribution is 2.24. The predicted octanol–water partition coefficient (Wildman–Crippen LogP) is 0.793. The Morgan fingerprint density at radius 3 is 2.32 bits per heavy atom. The molecule has 1 saturated heterocycles. The highest BCUT2D eigenvalue weighted by Gasteiger charge is 2.29. The van der Waals surface area contributed by atoms with E-state index in [1.165, 1.54) is 0 Å². The number of nitrogens with zero attached hydrogens (tertiary/aromatic N) is 2. The van der Waals surface area contributed by atoms with Gasteiger partial charge in [-0.1, -0.05) is 17.7 Å². The van der Waals surface area contributed by atoms with Crippen LogP contribution >= 0.6 is 0 Å². The SMILES string of the molecule is Cc1ccc(N(CC(=O)N2CCC(C(N)=O)CC2)S(C)(=O)=O)c(C)c1. The van der Waals surface area contributed by atoms with Crippen LogP contribution in [0.2, 0.25) is 0 Å². The minimum Gasteiger partial charge on any atom is -0.369 e. The van der Waals surface area contributed by atoms with Gasteiger partial charge in [0.15, 0.2) is 0 Å². The first kappa shape index (κ1) is 19.2. The number of aryl methyl sites for hydroxylation is 2. The molecule has 0 saturated carbocycles. The van der Waals surface area contributed by atoms with E-state index < -0.39 is 10.0 Å². The van der Waals surface area contributed by atoms with Gasteiger partial charge in [0.1, 0.15) is 6.54 Å². The van der Waals surface area contributed by atoms with Crippen molar-refractivity contribution in [2.24, 2.45) is 11.7 Å². The van der Waals surface area contributed by atoms with Gasteiger partial charge < -0.3 is 10.6 Å². The molecule has 1 aliphatic rings. The maximum atomic E-state index is 12.6. The Kier molecular flexibility index (Phi) is 5.72. The van der Waals surface area contributed by atoms with E-state index in [0.29, 0.717) is 31.6 Å². The molecule has 1 aromatic carbocycles. The molecule has 25 heavy (non-hydrogen) atoms. The number of nitrogens with two attached hydrogens (primary N) is 1. The lowest BCUT2D eigenvalue weighted by Crippen LogP contribution is -2.47. The highest BCUT2D eigenvalue weighted by molar-refractivity contribution is 7.92. The second kappa shape index (κ2) is 7.43. The summed E-state index contributed by atoms with van der Waals surface area (Å²) in [5.41, 5.74) is 7.63. The Hall–Kier alpha value is -2.09. The smallest absolute Gasteiger partial charge is 0.243 e. The maximum Gasteiger partial charge on any atom is 0.243 e. The van der Waals surface area contributed by atoms with Gasteiger partial charge in [-0.05, 0) is 38.3 Å². The number of rotatable bonds is 5. The van der Waals surface area contributed by atoms with E-state index in [9.17, 15) is 18.0 Å². The fourth-order valence-electron chi connectivity index (χ4n) is 3.10. The molecule has 2 N–H and O–H groups in total. The molecule has 0 unspecified atom stereocenters. The number of carbonyl (C=O) groups excluding carboxylic acids is 2. The van der Waals surface area contributed by atoms with Crippen LogP contribution in [0.5, 0.6) is 0 Å². The van der Waals surface area contributed by atoms with Crippen LogP contribution in [0.4, 0.5) is 5.69 Å². The molecule has 2 rings (SSSR count). The third kappa shape index (κ3) is 4.72. The third-order valence-corrected chi connectivity index (χ3v) is 5.68. The molecule has 1 aliphatic heterocycles. The van der Waals surface area contributed by atoms with Crippen LogP contribution in [0.15, 0.2) is 18.2 Å². The number of amides is 2. The van der Waals surface area contributed by atoms with Crippen LogP contribution in [0.1, 0.15) is 24.0 Å². The van der Waals surface area contributed by atoms with Crippen molar-refractivity contribution in [2.45, 2.75) is 26.7 Å². The van der Waals surface area contributed by atoms with Crippen LogP contribution in [-0.2, 0) is 19.6 Å². The summed E-state index contributed by atoms with van der Waals surface area (Å²) in [5.74, 6) is -0.831. The zero-order valence-corrected chi connectivity index (χ0v) is 15.7. The molecule has 0 aliphatic carbocycles. The molecular formula is C17H25N3O4S. The Balaban J connectivity index is 2.16. The average molecular weight is 367 g/mol. The molecule has 0 bridgehead atoms. The van der Waals surface area contributed by atoms with Crippen LogP contribution < -0.4 is 10.0 Å². The van der Waals surface area contributed by atoms with Crippen molar-refractivity contribution in [3.63, 3.8) is 0 Å². The Morgan fingerprint density at radius 2 is 1.84 bits per heavy atom. The quantitative estimate of drug-likeness (QED) is 0.831. The van der Waals surface area contributed by atoms with Crippen molar-refractivity contribution < 1.29 is 18.0 Å². The summed E-state index contributed by atoms with van der Waals surface area (Å²) in [6.07, 6.45) is 2.13. The van der Waals surface area contributed by atoms with Crippen molar-refractivity contribution >= 4 is 27.5 Å². The number of carbonyl (C=O) groups is 2. The van der Waals surface area contributed by atoms with Crippen molar-refractivity contribution in [3.8, 4) is 0 Å². The molecule has 8 heteroatoms. The minimum atomic E-state index is -3.60. The third-order valence-electron chi connectivity index (χ3n) is 4.55. The standard InChI is InChI=1S/C17H25N3O4S/c1-12-4-5-15(13(2)10-12)20(25(3,23)24)11-16(21)19-8-6-14(7-9-19)17(18)22/h4-5,10,14H,6-9,11H2,1-3H3,(H2,18,22). The lowest BCUT2D eigenvalue weighted by Gasteiger charge is -2.32. The van der Waals surface area contributed by atoms with Crippen LogP contribution in [0.3, 0.4) is 0 Å². The van der Waals surface area contributed by atoms with Gasteiger partial charge in [-0.15, -0.1) is 0 Å². The van der Waals surface area contributed by atoms with E-state index in [0.717, 1.165) is 21.7 Å². The summed E-state index contributed by atoms with van der Waals surface area (Å²) in [6, 6.07) is 5.43. The number of benzene rings is 1. The van der Waals surface area contributed by atoms with E-state index >= 15 is 0 Å². The van der Waals surface area contributed by atoms with Gasteiger partial charge in [0.05, 0.1) is 11.9 Å². The molecule has 1 heterocycles. The van der Waals surface area contributed by atoms with Gasteiger partial charge in [0, 0.05) is 19.0 Å². The monoisotopic (exact) mass is 367 g/mol. The Morgan fingerprint density at radius 1 is 1.24 bits per heavy atom. The fourth-order valence-corrected chi connectivity index (χ4v) is 4.01. The molecule has 0 aromatic heterocycles. The number of likely N-dealkylation sites (tertiary alicyclic amines) is 1. The molecule has 0 atom stereocenters. The number of primary amides is 1. The van der Waals surface area contributed by atoms with Crippen molar-refractivity contribution in [2.75, 3.05) is 30.2 Å². The van der Waals surface area contributed by atoms with Gasteiger partial charge in [-0.3, -0.25) is 13.9 Å². The van der Waals surface area contributed by atoms with E-state index in [4.69, 9.17) is 5.73 Å². The van der Waals surface area contributed by atoms with Crippen molar-refractivity contribution in [1.82, 2.24) is 4.90 Å². The Labute approximate surface area is 148 Å². The molecule has 1 fully saturated rings. The minimum absolute atomic E-state index is 0.214. The molecule has 138 valence electrons. The van der Waals surface area contributed by atoms with Crippen LogP contribution in [0.25, 0.3) is 0 Å². The first-order chi connectivity index (χ1) is 11.6. The number of sulfonamides is 1. The van der Waals surface area contributed by atoms with Crippen LogP contribution in [-0.4, -0.2) is 51.0 Å². The molecule has 0 radical (unpaired) electrons. The van der Waals surface area contributed by atoms with E-state index in [-0.39, 0.29) is 24.3 Å². The summed E-state index contributed by atoms with van der Waals surface area (Å²) < 4.78 is 25.6. The topological polar surface area (TPSA) is 101 Å². The van der Waals surface area contributed by atoms with Crippen LogP contribution in [0, 0.1) is 19.8 Å². The summed E-state index contributed by atoms with van der Waals surface area (Å²) in [7, 11) is -3.60. The number of hydrogen-bond acceptors (Lipinski definition) is 4. The fraction of sp³-hybridized carbons (Fsp3) is 0.529. The number of anilines is 1. The zero-order valence-electron chi connectivity index (χ0n) is 14.9. The van der Waals surface area contributed by atoms with Crippen molar-refractivity contribution in [3.05, 3.63) is 29.3 Å². The first-order valence-corrected chi connectivity index (χ1v) is 10.1. The molecule has 2 amide bonds. The van der Waals surface area contributed by atoms with Gasteiger partial charge in [0.25, 0.3) is 0 Å². The lowest BCUT2D eigenvalue weighted by molar-refractivity contribution is -0.133. The molecule has 0 spiro atoms. The second-order valence-corrected chi connectivity index (χ2v) is 8.52. The lowest BCUT2D eigenvalue weighted by atomic mass is 9.96. The van der Waals surface area contributed by atoms with Crippen molar-refractivity contribution in [1.29, 1.82) is 0 Å².